The number of hydrogen-bond acceptors (Lipinski definition) is 5. The van der Waals surface area contributed by atoms with Crippen molar-refractivity contribution in [3.05, 3.63) is 11.7 Å². The van der Waals surface area contributed by atoms with Gasteiger partial charge in [-0.15, -0.1) is 0 Å². The maximum absolute atomic E-state index is 12.9. The lowest BCUT2D eigenvalue weighted by Gasteiger charge is -2.31. The summed E-state index contributed by atoms with van der Waals surface area (Å²) in [4.78, 5) is 19.3. The van der Waals surface area contributed by atoms with Crippen LogP contribution in [0.4, 0.5) is 0 Å². The van der Waals surface area contributed by atoms with Crippen LogP contribution in [-0.2, 0) is 4.79 Å². The predicted molar refractivity (Wildman–Crippen MR) is 82.0 cm³/mol. The highest BCUT2D eigenvalue weighted by atomic mass is 16.5. The first kappa shape index (κ1) is 15.5. The topological polar surface area (TPSA) is 85.2 Å². The number of rotatable bonds is 3. The first-order valence-electron chi connectivity index (χ1n) is 8.45. The lowest BCUT2D eigenvalue weighted by Crippen LogP contribution is -2.40. The van der Waals surface area contributed by atoms with E-state index in [-0.39, 0.29) is 29.8 Å². The summed E-state index contributed by atoms with van der Waals surface area (Å²) in [6, 6.07) is 0.142. The van der Waals surface area contributed by atoms with Gasteiger partial charge >= 0.3 is 0 Å². The first-order chi connectivity index (χ1) is 10.6. The van der Waals surface area contributed by atoms with Crippen LogP contribution in [0.15, 0.2) is 4.52 Å². The van der Waals surface area contributed by atoms with Crippen LogP contribution in [-0.4, -0.2) is 33.5 Å². The van der Waals surface area contributed by atoms with Crippen LogP contribution in [0.25, 0.3) is 0 Å². The number of nitrogens with two attached hydrogens (primary N) is 1. The molecular weight excluding hydrogens is 280 g/mol. The van der Waals surface area contributed by atoms with Crippen molar-refractivity contribution in [2.24, 2.45) is 11.7 Å². The molecule has 3 atom stereocenters. The molecule has 1 aromatic rings. The van der Waals surface area contributed by atoms with Crippen molar-refractivity contribution in [1.29, 1.82) is 0 Å². The van der Waals surface area contributed by atoms with E-state index < -0.39 is 0 Å². The lowest BCUT2D eigenvalue weighted by molar-refractivity contribution is -0.137. The number of carbonyl (C=O) groups is 1. The number of carbonyl (C=O) groups excluding carboxylic acids is 1. The van der Waals surface area contributed by atoms with Crippen molar-refractivity contribution < 1.29 is 9.32 Å². The Hall–Kier alpha value is -1.43. The minimum atomic E-state index is -0.0260. The van der Waals surface area contributed by atoms with E-state index in [4.69, 9.17) is 10.3 Å². The third-order valence-corrected chi connectivity index (χ3v) is 4.85. The minimum absolute atomic E-state index is 0.0260. The molecular formula is C16H26N4O2. The molecule has 6 nitrogen and oxygen atoms in total. The van der Waals surface area contributed by atoms with E-state index in [1.807, 2.05) is 18.7 Å². The lowest BCUT2D eigenvalue weighted by atomic mass is 9.85. The maximum atomic E-state index is 12.9. The number of nitrogens with zero attached hydrogens (tertiary/aromatic N) is 3. The van der Waals surface area contributed by atoms with Gasteiger partial charge in [-0.05, 0) is 32.1 Å². The number of likely N-dealkylation sites (tertiary alicyclic amines) is 1. The summed E-state index contributed by atoms with van der Waals surface area (Å²) in [7, 11) is 0. The van der Waals surface area contributed by atoms with Gasteiger partial charge in [0.25, 0.3) is 0 Å². The Labute approximate surface area is 131 Å². The minimum Gasteiger partial charge on any atom is -0.339 e. The largest absolute Gasteiger partial charge is 0.339 e. The van der Waals surface area contributed by atoms with Gasteiger partial charge in [-0.25, -0.2) is 0 Å². The van der Waals surface area contributed by atoms with Crippen molar-refractivity contribution in [3.8, 4) is 0 Å². The highest BCUT2D eigenvalue weighted by molar-refractivity contribution is 5.79. The van der Waals surface area contributed by atoms with Gasteiger partial charge in [0.05, 0.1) is 6.04 Å². The Balaban J connectivity index is 1.73. The number of hydrogen-bond donors (Lipinski definition) is 1. The normalized spacial score (nSPS) is 29.3. The smallest absolute Gasteiger partial charge is 0.229 e. The van der Waals surface area contributed by atoms with Crippen LogP contribution in [0, 0.1) is 5.92 Å². The molecule has 1 aromatic heterocycles. The average Bonchev–Trinajstić information content (AvgIpc) is 3.15. The van der Waals surface area contributed by atoms with Crippen LogP contribution in [0.3, 0.4) is 0 Å². The van der Waals surface area contributed by atoms with Gasteiger partial charge in [-0.3, -0.25) is 4.79 Å². The fourth-order valence-electron chi connectivity index (χ4n) is 3.60. The van der Waals surface area contributed by atoms with Gasteiger partial charge in [0.2, 0.25) is 11.8 Å². The molecule has 22 heavy (non-hydrogen) atoms. The summed E-state index contributed by atoms with van der Waals surface area (Å²) in [5.41, 5.74) is 6.03. The molecule has 1 saturated carbocycles. The van der Waals surface area contributed by atoms with Gasteiger partial charge < -0.3 is 15.2 Å². The highest BCUT2D eigenvalue weighted by Gasteiger charge is 2.37. The third-order valence-electron chi connectivity index (χ3n) is 4.85. The van der Waals surface area contributed by atoms with Crippen LogP contribution in [0.2, 0.25) is 0 Å². The molecule has 0 bridgehead atoms. The van der Waals surface area contributed by atoms with E-state index in [1.165, 1.54) is 0 Å². The molecule has 1 aliphatic carbocycles. The Morgan fingerprint density at radius 2 is 2.14 bits per heavy atom. The van der Waals surface area contributed by atoms with Crippen molar-refractivity contribution >= 4 is 5.91 Å². The summed E-state index contributed by atoms with van der Waals surface area (Å²) in [6.45, 7) is 4.84. The second-order valence-corrected chi connectivity index (χ2v) is 6.96. The summed E-state index contributed by atoms with van der Waals surface area (Å²) < 4.78 is 5.31. The van der Waals surface area contributed by atoms with Gasteiger partial charge in [-0.1, -0.05) is 25.4 Å². The summed E-state index contributed by atoms with van der Waals surface area (Å²) in [5.74, 6) is 1.82. The summed E-state index contributed by atoms with van der Waals surface area (Å²) in [5, 5.41) is 4.11. The zero-order valence-electron chi connectivity index (χ0n) is 13.5. The van der Waals surface area contributed by atoms with Crippen LogP contribution >= 0.6 is 0 Å². The quantitative estimate of drug-likeness (QED) is 0.926. The molecule has 2 N–H and O–H groups in total. The molecule has 3 unspecified atom stereocenters. The first-order valence-corrected chi connectivity index (χ1v) is 8.45. The van der Waals surface area contributed by atoms with E-state index >= 15 is 0 Å². The van der Waals surface area contributed by atoms with Crippen LogP contribution < -0.4 is 5.73 Å². The second kappa shape index (κ2) is 6.36. The molecule has 1 saturated heterocycles. The van der Waals surface area contributed by atoms with Crippen molar-refractivity contribution in [2.75, 3.05) is 6.54 Å². The van der Waals surface area contributed by atoms with Gasteiger partial charge in [-0.2, -0.15) is 4.98 Å². The molecule has 122 valence electrons. The molecule has 2 aliphatic rings. The average molecular weight is 306 g/mol. The van der Waals surface area contributed by atoms with E-state index in [0.29, 0.717) is 11.7 Å². The van der Waals surface area contributed by atoms with Crippen molar-refractivity contribution in [3.63, 3.8) is 0 Å². The van der Waals surface area contributed by atoms with Gasteiger partial charge in [0.1, 0.15) is 0 Å². The Bertz CT molecular complexity index is 528. The van der Waals surface area contributed by atoms with Crippen molar-refractivity contribution in [2.45, 2.75) is 70.4 Å². The fourth-order valence-corrected chi connectivity index (χ4v) is 3.60. The summed E-state index contributed by atoms with van der Waals surface area (Å²) in [6.07, 6.45) is 5.78. The zero-order valence-corrected chi connectivity index (χ0v) is 13.5. The maximum Gasteiger partial charge on any atom is 0.229 e. The highest BCUT2D eigenvalue weighted by Crippen LogP contribution is 2.34. The molecule has 1 aliphatic heterocycles. The van der Waals surface area contributed by atoms with Gasteiger partial charge in [0, 0.05) is 24.4 Å². The Morgan fingerprint density at radius 1 is 1.32 bits per heavy atom. The molecule has 1 amide bonds. The zero-order chi connectivity index (χ0) is 15.7. The monoisotopic (exact) mass is 306 g/mol. The summed E-state index contributed by atoms with van der Waals surface area (Å²) >= 11 is 0. The molecule has 3 rings (SSSR count). The molecule has 6 heteroatoms. The fraction of sp³-hybridized carbons (Fsp3) is 0.812. The Kier molecular flexibility index (Phi) is 4.47. The molecule has 2 fully saturated rings. The van der Waals surface area contributed by atoms with E-state index in [2.05, 4.69) is 10.1 Å². The number of aromatic nitrogens is 2. The van der Waals surface area contributed by atoms with Gasteiger partial charge in [0.15, 0.2) is 5.82 Å². The van der Waals surface area contributed by atoms with Crippen molar-refractivity contribution in [1.82, 2.24) is 15.0 Å². The predicted octanol–water partition coefficient (Wildman–Crippen LogP) is 2.37. The SMILES string of the molecule is CC(C)c1nc(C2CCCN2C(=O)C2CCCC(N)C2)no1. The molecule has 2 heterocycles. The second-order valence-electron chi connectivity index (χ2n) is 6.96. The van der Waals surface area contributed by atoms with Crippen LogP contribution in [0.5, 0.6) is 0 Å². The van der Waals surface area contributed by atoms with E-state index in [1.54, 1.807) is 0 Å². The molecule has 0 aromatic carbocycles. The third kappa shape index (κ3) is 3.02. The number of amides is 1. The molecule has 0 radical (unpaired) electrons. The Morgan fingerprint density at radius 3 is 2.82 bits per heavy atom. The standard InChI is InChI=1S/C16H26N4O2/c1-10(2)15-18-14(19-22-15)13-7-4-8-20(13)16(21)11-5-3-6-12(17)9-11/h10-13H,3-9,17H2,1-2H3. The van der Waals surface area contributed by atoms with E-state index in [0.717, 1.165) is 45.1 Å². The van der Waals surface area contributed by atoms with E-state index in [9.17, 15) is 4.79 Å². The molecule has 0 spiro atoms. The van der Waals surface area contributed by atoms with Crippen LogP contribution in [0.1, 0.15) is 76.0 Å².